The summed E-state index contributed by atoms with van der Waals surface area (Å²) in [4.78, 5) is 23.7. The number of hydrogen-bond donors (Lipinski definition) is 2. The van der Waals surface area contributed by atoms with Crippen LogP contribution < -0.4 is 15.6 Å². The lowest BCUT2D eigenvalue weighted by molar-refractivity contribution is -0.123. The number of aryl methyl sites for hydroxylation is 1. The van der Waals surface area contributed by atoms with Crippen molar-refractivity contribution in [1.82, 2.24) is 10.9 Å². The highest BCUT2D eigenvalue weighted by Crippen LogP contribution is 2.28. The van der Waals surface area contributed by atoms with Crippen molar-refractivity contribution in [3.05, 3.63) is 60.9 Å². The Kier molecular flexibility index (Phi) is 6.82. The number of rotatable bonds is 4. The second kappa shape index (κ2) is 8.64. The molecule has 2 aromatic carbocycles. The minimum Gasteiger partial charge on any atom is -0.483 e. The lowest BCUT2D eigenvalue weighted by Gasteiger charge is -2.10. The molecule has 0 atom stereocenters. The third-order valence-electron chi connectivity index (χ3n) is 3.00. The van der Waals surface area contributed by atoms with Gasteiger partial charge in [0.2, 0.25) is 0 Å². The van der Waals surface area contributed by atoms with Crippen LogP contribution in [0.3, 0.4) is 0 Å². The first-order chi connectivity index (χ1) is 11.4. The molecule has 0 bridgehead atoms. The predicted molar refractivity (Wildman–Crippen MR) is 102 cm³/mol. The summed E-state index contributed by atoms with van der Waals surface area (Å²) in [6.45, 7) is 1.70. The SMILES string of the molecule is Cc1ccc(C(=O)NNC(=O)COc2ccc(Br)cc2Br)cc1Br. The molecular weight excluding hydrogens is 508 g/mol. The summed E-state index contributed by atoms with van der Waals surface area (Å²) >= 11 is 10.0. The van der Waals surface area contributed by atoms with Crippen LogP contribution in [-0.2, 0) is 4.79 Å². The largest absolute Gasteiger partial charge is 0.483 e. The first kappa shape index (κ1) is 19.0. The maximum absolute atomic E-state index is 12.0. The molecule has 0 saturated heterocycles. The van der Waals surface area contributed by atoms with Gasteiger partial charge in [-0.3, -0.25) is 20.4 Å². The number of hydrogen-bond acceptors (Lipinski definition) is 3. The number of hydrazine groups is 1. The molecule has 0 fully saturated rings. The summed E-state index contributed by atoms with van der Waals surface area (Å²) in [6, 6.07) is 10.5. The molecule has 0 heterocycles. The Morgan fingerprint density at radius 2 is 1.75 bits per heavy atom. The summed E-state index contributed by atoms with van der Waals surface area (Å²) in [5.74, 6) is -0.347. The van der Waals surface area contributed by atoms with Crippen LogP contribution in [0.25, 0.3) is 0 Å². The van der Waals surface area contributed by atoms with Gasteiger partial charge < -0.3 is 4.74 Å². The smallest absolute Gasteiger partial charge is 0.276 e. The van der Waals surface area contributed by atoms with Crippen molar-refractivity contribution in [1.29, 1.82) is 0 Å². The Labute approximate surface area is 164 Å². The van der Waals surface area contributed by atoms with E-state index < -0.39 is 11.8 Å². The van der Waals surface area contributed by atoms with Crippen molar-refractivity contribution < 1.29 is 14.3 Å². The van der Waals surface area contributed by atoms with Gasteiger partial charge >= 0.3 is 0 Å². The van der Waals surface area contributed by atoms with Crippen LogP contribution in [0.15, 0.2) is 49.8 Å². The Morgan fingerprint density at radius 1 is 1.00 bits per heavy atom. The van der Waals surface area contributed by atoms with Crippen LogP contribution in [-0.4, -0.2) is 18.4 Å². The highest BCUT2D eigenvalue weighted by molar-refractivity contribution is 9.11. The van der Waals surface area contributed by atoms with Gasteiger partial charge in [-0.15, -0.1) is 0 Å². The van der Waals surface area contributed by atoms with E-state index in [1.807, 2.05) is 19.1 Å². The van der Waals surface area contributed by atoms with Gasteiger partial charge in [0.25, 0.3) is 11.8 Å². The molecule has 0 aliphatic heterocycles. The number of carbonyl (C=O) groups is 2. The molecule has 0 aliphatic carbocycles. The van der Waals surface area contributed by atoms with Crippen LogP contribution in [0.1, 0.15) is 15.9 Å². The Bertz CT molecular complexity index is 781. The standard InChI is InChI=1S/C16H13Br3N2O3/c1-9-2-3-10(6-12(9)18)16(23)21-20-15(22)8-24-14-5-4-11(17)7-13(14)19/h2-7H,8H2,1H3,(H,20,22)(H,21,23). The lowest BCUT2D eigenvalue weighted by atomic mass is 10.1. The minimum atomic E-state index is -0.468. The van der Waals surface area contributed by atoms with Gasteiger partial charge in [0.05, 0.1) is 4.47 Å². The van der Waals surface area contributed by atoms with Crippen LogP contribution in [0.2, 0.25) is 0 Å². The summed E-state index contributed by atoms with van der Waals surface area (Å²) in [5, 5.41) is 0. The van der Waals surface area contributed by atoms with E-state index in [1.54, 1.807) is 24.3 Å². The van der Waals surface area contributed by atoms with E-state index in [0.717, 1.165) is 19.0 Å². The number of ether oxygens (including phenoxy) is 1. The minimum absolute atomic E-state index is 0.224. The van der Waals surface area contributed by atoms with E-state index in [9.17, 15) is 9.59 Å². The second-order valence-electron chi connectivity index (χ2n) is 4.83. The first-order valence-electron chi connectivity index (χ1n) is 6.80. The molecule has 8 heteroatoms. The van der Waals surface area contributed by atoms with Gasteiger partial charge in [0.15, 0.2) is 6.61 Å². The molecule has 126 valence electrons. The fraction of sp³-hybridized carbons (Fsp3) is 0.125. The van der Waals surface area contributed by atoms with E-state index in [2.05, 4.69) is 58.6 Å². The number of amides is 2. The quantitative estimate of drug-likeness (QED) is 0.596. The van der Waals surface area contributed by atoms with E-state index in [4.69, 9.17) is 4.74 Å². The van der Waals surface area contributed by atoms with Crippen molar-refractivity contribution in [2.45, 2.75) is 6.92 Å². The third-order valence-corrected chi connectivity index (χ3v) is 4.97. The average Bonchev–Trinajstić information content (AvgIpc) is 2.54. The third kappa shape index (κ3) is 5.32. The maximum atomic E-state index is 12.0. The van der Waals surface area contributed by atoms with Crippen molar-refractivity contribution in [3.63, 3.8) is 0 Å². The molecular formula is C16H13Br3N2O3. The van der Waals surface area contributed by atoms with E-state index in [-0.39, 0.29) is 6.61 Å². The van der Waals surface area contributed by atoms with E-state index in [1.165, 1.54) is 0 Å². The molecule has 0 aliphatic rings. The number of halogens is 3. The van der Waals surface area contributed by atoms with Crippen LogP contribution in [0, 0.1) is 6.92 Å². The summed E-state index contributed by atoms with van der Waals surface area (Å²) < 4.78 is 7.82. The lowest BCUT2D eigenvalue weighted by Crippen LogP contribution is -2.43. The van der Waals surface area contributed by atoms with Gasteiger partial charge in [0, 0.05) is 14.5 Å². The van der Waals surface area contributed by atoms with Gasteiger partial charge in [-0.1, -0.05) is 37.9 Å². The van der Waals surface area contributed by atoms with Crippen LogP contribution in [0.5, 0.6) is 5.75 Å². The predicted octanol–water partition coefficient (Wildman–Crippen LogP) is 4.12. The number of carbonyl (C=O) groups excluding carboxylic acids is 2. The number of benzene rings is 2. The molecule has 2 N–H and O–H groups in total. The van der Waals surface area contributed by atoms with Crippen molar-refractivity contribution in [2.75, 3.05) is 6.61 Å². The van der Waals surface area contributed by atoms with Crippen LogP contribution in [0.4, 0.5) is 0 Å². The van der Waals surface area contributed by atoms with E-state index >= 15 is 0 Å². The summed E-state index contributed by atoms with van der Waals surface area (Å²) in [7, 11) is 0. The normalized spacial score (nSPS) is 10.2. The average molecular weight is 521 g/mol. The monoisotopic (exact) mass is 518 g/mol. The molecule has 0 spiro atoms. The summed E-state index contributed by atoms with van der Waals surface area (Å²) in [5.41, 5.74) is 6.11. The highest BCUT2D eigenvalue weighted by Gasteiger charge is 2.10. The summed E-state index contributed by atoms with van der Waals surface area (Å²) in [6.07, 6.45) is 0. The van der Waals surface area contributed by atoms with Crippen molar-refractivity contribution in [3.8, 4) is 5.75 Å². The molecule has 2 rings (SSSR count). The number of nitrogens with one attached hydrogen (secondary N) is 2. The fourth-order valence-corrected chi connectivity index (χ4v) is 3.24. The molecule has 2 aromatic rings. The molecule has 2 amide bonds. The van der Waals surface area contributed by atoms with Crippen molar-refractivity contribution >= 4 is 59.6 Å². The molecule has 24 heavy (non-hydrogen) atoms. The zero-order valence-corrected chi connectivity index (χ0v) is 17.3. The zero-order chi connectivity index (χ0) is 17.7. The Hall–Kier alpha value is -1.38. The van der Waals surface area contributed by atoms with Gasteiger partial charge in [-0.2, -0.15) is 0 Å². The first-order valence-corrected chi connectivity index (χ1v) is 9.18. The molecule has 0 saturated carbocycles. The second-order valence-corrected chi connectivity index (χ2v) is 7.45. The molecule has 0 radical (unpaired) electrons. The van der Waals surface area contributed by atoms with Crippen molar-refractivity contribution in [2.24, 2.45) is 0 Å². The maximum Gasteiger partial charge on any atom is 0.276 e. The Morgan fingerprint density at radius 3 is 2.42 bits per heavy atom. The molecule has 0 aromatic heterocycles. The van der Waals surface area contributed by atoms with E-state index in [0.29, 0.717) is 11.3 Å². The fourth-order valence-electron chi connectivity index (χ4n) is 1.70. The topological polar surface area (TPSA) is 67.4 Å². The Balaban J connectivity index is 1.84. The van der Waals surface area contributed by atoms with Gasteiger partial charge in [-0.25, -0.2) is 0 Å². The highest BCUT2D eigenvalue weighted by atomic mass is 79.9. The molecule has 0 unspecified atom stereocenters. The zero-order valence-electron chi connectivity index (χ0n) is 12.5. The van der Waals surface area contributed by atoms with Crippen LogP contribution >= 0.6 is 47.8 Å². The van der Waals surface area contributed by atoms with Gasteiger partial charge in [-0.05, 0) is 58.7 Å². The molecule has 5 nitrogen and oxygen atoms in total. The van der Waals surface area contributed by atoms with Gasteiger partial charge in [0.1, 0.15) is 5.75 Å².